The number of piperidine rings is 1. The molecule has 0 aromatic carbocycles. The Labute approximate surface area is 125 Å². The molecule has 0 aliphatic carbocycles. The Kier molecular flexibility index (Phi) is 5.17. The van der Waals surface area contributed by atoms with Gasteiger partial charge in [-0.25, -0.2) is 0 Å². The molecule has 1 unspecified atom stereocenters. The second-order valence-electron chi connectivity index (χ2n) is 5.58. The molecule has 0 aromatic heterocycles. The maximum Gasteiger partial charge on any atom is 0.312 e. The quantitative estimate of drug-likeness (QED) is 0.668. The van der Waals surface area contributed by atoms with Crippen molar-refractivity contribution in [1.29, 1.82) is 0 Å². The van der Waals surface area contributed by atoms with E-state index < -0.39 is 11.8 Å². The lowest BCUT2D eigenvalue weighted by Crippen LogP contribution is -2.57. The minimum absolute atomic E-state index is 0.0125. The number of hydrogen-bond acceptors (Lipinski definition) is 4. The number of hydrogen-bond donors (Lipinski definition) is 1. The van der Waals surface area contributed by atoms with Crippen LogP contribution in [-0.2, 0) is 14.4 Å². The fourth-order valence-electron chi connectivity index (χ4n) is 2.87. The number of carbonyl (C=O) groups excluding carboxylic acids is 3. The molecule has 2 saturated heterocycles. The maximum absolute atomic E-state index is 12.3. The lowest BCUT2D eigenvalue weighted by molar-refractivity contribution is -0.157. The number of nitrogens with zero attached hydrogens (tertiary/aromatic N) is 3. The fourth-order valence-corrected chi connectivity index (χ4v) is 2.87. The Morgan fingerprint density at radius 1 is 1.19 bits per heavy atom. The number of amides is 3. The van der Waals surface area contributed by atoms with Crippen LogP contribution < -0.4 is 5.32 Å². The number of likely N-dealkylation sites (N-methyl/N-ethyl adjacent to an activating group) is 2. The van der Waals surface area contributed by atoms with E-state index in [-0.39, 0.29) is 12.5 Å². The van der Waals surface area contributed by atoms with E-state index in [4.69, 9.17) is 0 Å². The minimum atomic E-state index is -0.557. The molecule has 2 aliphatic heterocycles. The summed E-state index contributed by atoms with van der Waals surface area (Å²) in [5, 5.41) is 3.19. The van der Waals surface area contributed by atoms with Gasteiger partial charge in [0.15, 0.2) is 0 Å². The van der Waals surface area contributed by atoms with Gasteiger partial charge in [0.05, 0.1) is 0 Å². The molecule has 1 N–H and O–H groups in total. The van der Waals surface area contributed by atoms with Gasteiger partial charge in [0, 0.05) is 38.8 Å². The highest BCUT2D eigenvalue weighted by molar-refractivity contribution is 6.35. The van der Waals surface area contributed by atoms with E-state index in [2.05, 4.69) is 5.32 Å². The second kappa shape index (κ2) is 6.89. The van der Waals surface area contributed by atoms with Crippen LogP contribution in [0.5, 0.6) is 0 Å². The van der Waals surface area contributed by atoms with Crippen molar-refractivity contribution >= 4 is 17.7 Å². The summed E-state index contributed by atoms with van der Waals surface area (Å²) in [5.74, 6) is -1.12. The maximum atomic E-state index is 12.3. The number of carbonyl (C=O) groups is 3. The standard InChI is InChI=1S/C14H24N4O3/c1-3-16-7-8-18(14(21)13(16)20)10-12(19)17-6-4-5-11(9-17)15-2/h11,15H,3-10H2,1-2H3. The lowest BCUT2D eigenvalue weighted by atomic mass is 10.1. The number of nitrogens with one attached hydrogen (secondary N) is 1. The van der Waals surface area contributed by atoms with Crippen molar-refractivity contribution in [1.82, 2.24) is 20.0 Å². The third-order valence-corrected chi connectivity index (χ3v) is 4.29. The molecular formula is C14H24N4O3. The van der Waals surface area contributed by atoms with Crippen LogP contribution in [0.25, 0.3) is 0 Å². The molecule has 2 aliphatic rings. The van der Waals surface area contributed by atoms with Gasteiger partial charge in [0.1, 0.15) is 6.54 Å². The summed E-state index contributed by atoms with van der Waals surface area (Å²) >= 11 is 0. The summed E-state index contributed by atoms with van der Waals surface area (Å²) in [6, 6.07) is 0.317. The summed E-state index contributed by atoms with van der Waals surface area (Å²) < 4.78 is 0. The minimum Gasteiger partial charge on any atom is -0.340 e. The normalized spacial score (nSPS) is 23.7. The molecule has 0 saturated carbocycles. The fraction of sp³-hybridized carbons (Fsp3) is 0.786. The highest BCUT2D eigenvalue weighted by atomic mass is 16.2. The Bertz CT molecular complexity index is 426. The Hall–Kier alpha value is -1.63. The van der Waals surface area contributed by atoms with Gasteiger partial charge in [-0.15, -0.1) is 0 Å². The zero-order valence-corrected chi connectivity index (χ0v) is 12.8. The molecule has 0 bridgehead atoms. The predicted octanol–water partition coefficient (Wildman–Crippen LogP) is -1.11. The molecule has 0 aromatic rings. The monoisotopic (exact) mass is 296 g/mol. The van der Waals surface area contributed by atoms with E-state index in [1.54, 1.807) is 4.90 Å². The first-order valence-electron chi connectivity index (χ1n) is 7.60. The van der Waals surface area contributed by atoms with Gasteiger partial charge in [0.2, 0.25) is 5.91 Å². The summed E-state index contributed by atoms with van der Waals surface area (Å²) in [4.78, 5) is 40.8. The molecule has 21 heavy (non-hydrogen) atoms. The number of rotatable bonds is 4. The highest BCUT2D eigenvalue weighted by Crippen LogP contribution is 2.11. The van der Waals surface area contributed by atoms with Crippen molar-refractivity contribution in [2.45, 2.75) is 25.8 Å². The Morgan fingerprint density at radius 3 is 2.52 bits per heavy atom. The smallest absolute Gasteiger partial charge is 0.312 e. The van der Waals surface area contributed by atoms with Crippen LogP contribution in [0.15, 0.2) is 0 Å². The molecule has 2 heterocycles. The average molecular weight is 296 g/mol. The van der Waals surface area contributed by atoms with Gasteiger partial charge in [-0.3, -0.25) is 14.4 Å². The molecule has 7 heteroatoms. The second-order valence-corrected chi connectivity index (χ2v) is 5.58. The van der Waals surface area contributed by atoms with Crippen LogP contribution >= 0.6 is 0 Å². The van der Waals surface area contributed by atoms with Gasteiger partial charge in [0.25, 0.3) is 0 Å². The summed E-state index contributed by atoms with van der Waals surface area (Å²) in [7, 11) is 1.89. The lowest BCUT2D eigenvalue weighted by Gasteiger charge is -2.36. The van der Waals surface area contributed by atoms with Crippen molar-refractivity contribution in [3.63, 3.8) is 0 Å². The first-order chi connectivity index (χ1) is 10.1. The SMILES string of the molecule is CCN1CCN(CC(=O)N2CCCC(NC)C2)C(=O)C1=O. The number of likely N-dealkylation sites (tertiary alicyclic amines) is 1. The van der Waals surface area contributed by atoms with Crippen molar-refractivity contribution in [3.05, 3.63) is 0 Å². The summed E-state index contributed by atoms with van der Waals surface area (Å²) in [5.41, 5.74) is 0. The molecule has 118 valence electrons. The van der Waals surface area contributed by atoms with Gasteiger partial charge >= 0.3 is 11.8 Å². The third-order valence-electron chi connectivity index (χ3n) is 4.29. The largest absolute Gasteiger partial charge is 0.340 e. The van der Waals surface area contributed by atoms with E-state index in [0.29, 0.717) is 32.2 Å². The molecule has 0 spiro atoms. The first kappa shape index (κ1) is 15.8. The number of piperazine rings is 1. The Balaban J connectivity index is 1.91. The molecule has 1 atom stereocenters. The zero-order valence-electron chi connectivity index (χ0n) is 12.8. The molecule has 0 radical (unpaired) electrons. The van der Waals surface area contributed by atoms with Gasteiger partial charge in [-0.1, -0.05) is 0 Å². The van der Waals surface area contributed by atoms with Crippen molar-refractivity contribution in [3.8, 4) is 0 Å². The summed E-state index contributed by atoms with van der Waals surface area (Å²) in [6.45, 7) is 4.74. The van der Waals surface area contributed by atoms with Gasteiger partial charge < -0.3 is 20.0 Å². The van der Waals surface area contributed by atoms with E-state index in [1.807, 2.05) is 14.0 Å². The predicted molar refractivity (Wildman–Crippen MR) is 77.5 cm³/mol. The Morgan fingerprint density at radius 2 is 1.86 bits per heavy atom. The van der Waals surface area contributed by atoms with Crippen LogP contribution in [0.4, 0.5) is 0 Å². The zero-order chi connectivity index (χ0) is 15.4. The van der Waals surface area contributed by atoms with Crippen molar-refractivity contribution < 1.29 is 14.4 Å². The van der Waals surface area contributed by atoms with Gasteiger partial charge in [-0.05, 0) is 26.8 Å². The van der Waals surface area contributed by atoms with Crippen LogP contribution in [-0.4, -0.2) is 84.8 Å². The van der Waals surface area contributed by atoms with Crippen molar-refractivity contribution in [2.24, 2.45) is 0 Å². The summed E-state index contributed by atoms with van der Waals surface area (Å²) in [6.07, 6.45) is 2.03. The van der Waals surface area contributed by atoms with Crippen molar-refractivity contribution in [2.75, 3.05) is 46.3 Å². The van der Waals surface area contributed by atoms with Crippen LogP contribution in [0.1, 0.15) is 19.8 Å². The average Bonchev–Trinajstić information content (AvgIpc) is 2.52. The molecule has 2 rings (SSSR count). The van der Waals surface area contributed by atoms with Crippen LogP contribution in [0, 0.1) is 0 Å². The van der Waals surface area contributed by atoms with Gasteiger partial charge in [-0.2, -0.15) is 0 Å². The first-order valence-corrected chi connectivity index (χ1v) is 7.60. The van der Waals surface area contributed by atoms with E-state index >= 15 is 0 Å². The topological polar surface area (TPSA) is 73.0 Å². The van der Waals surface area contributed by atoms with E-state index in [1.165, 1.54) is 9.80 Å². The third kappa shape index (κ3) is 3.53. The molecule has 2 fully saturated rings. The highest BCUT2D eigenvalue weighted by Gasteiger charge is 2.34. The van der Waals surface area contributed by atoms with Crippen LogP contribution in [0.2, 0.25) is 0 Å². The van der Waals surface area contributed by atoms with E-state index in [0.717, 1.165) is 19.4 Å². The molecular weight excluding hydrogens is 272 g/mol. The van der Waals surface area contributed by atoms with E-state index in [9.17, 15) is 14.4 Å². The molecule has 7 nitrogen and oxygen atoms in total. The molecule has 3 amide bonds. The van der Waals surface area contributed by atoms with Crippen LogP contribution in [0.3, 0.4) is 0 Å².